The lowest BCUT2D eigenvalue weighted by atomic mass is 9.97. The molecule has 0 saturated heterocycles. The smallest absolute Gasteiger partial charge is 0.164 e. The summed E-state index contributed by atoms with van der Waals surface area (Å²) < 4.78 is 6.61. The van der Waals surface area contributed by atoms with E-state index in [1.54, 1.807) is 0 Å². The number of para-hydroxylation sites is 1. The second-order valence-electron chi connectivity index (χ2n) is 14.7. The highest BCUT2D eigenvalue weighted by atomic mass is 16.3. The van der Waals surface area contributed by atoms with E-state index in [-0.39, 0.29) is 0 Å². The van der Waals surface area contributed by atoms with E-state index in [9.17, 15) is 0 Å². The van der Waals surface area contributed by atoms with Crippen molar-refractivity contribution in [3.05, 3.63) is 206 Å². The summed E-state index contributed by atoms with van der Waals surface area (Å²) in [5.41, 5.74) is 11.1. The van der Waals surface area contributed by atoms with Crippen LogP contribution in [0.2, 0.25) is 0 Å². The Bertz CT molecular complexity index is 3280. The van der Waals surface area contributed by atoms with Crippen LogP contribution in [0.15, 0.2) is 211 Å². The molecule has 0 saturated carbocycles. The van der Waals surface area contributed by atoms with E-state index in [0.29, 0.717) is 34.9 Å². The maximum atomic E-state index is 6.61. The van der Waals surface area contributed by atoms with Crippen LogP contribution in [0.1, 0.15) is 0 Å². The quantitative estimate of drug-likeness (QED) is 0.152. The fraction of sp³-hybridized carbons (Fsp3) is 0. The molecule has 0 aliphatic heterocycles. The van der Waals surface area contributed by atoms with Crippen molar-refractivity contribution in [2.45, 2.75) is 0 Å². The lowest BCUT2D eigenvalue weighted by Gasteiger charge is -2.13. The fourth-order valence-electron chi connectivity index (χ4n) is 7.88. The predicted molar refractivity (Wildman–Crippen MR) is 244 cm³/mol. The van der Waals surface area contributed by atoms with Crippen LogP contribution in [0.25, 0.3) is 113 Å². The van der Waals surface area contributed by atoms with E-state index >= 15 is 0 Å². The molecule has 3 aromatic heterocycles. The van der Waals surface area contributed by atoms with Gasteiger partial charge in [0.15, 0.2) is 34.9 Å². The summed E-state index contributed by atoms with van der Waals surface area (Å²) in [7, 11) is 0. The first-order valence-corrected chi connectivity index (χ1v) is 20.1. The first kappa shape index (κ1) is 35.7. The first-order valence-electron chi connectivity index (χ1n) is 20.1. The molecule has 0 fully saturated rings. The Balaban J connectivity index is 1.03. The molecule has 0 aliphatic carbocycles. The van der Waals surface area contributed by atoms with Crippen molar-refractivity contribution in [1.29, 1.82) is 0 Å². The lowest BCUT2D eigenvalue weighted by molar-refractivity contribution is 0.670. The average Bonchev–Trinajstić information content (AvgIpc) is 3.74. The SMILES string of the molecule is c1ccc(-c2nc(-c3ccccc3)nc(-c3ccccc3-c3nc(-c4ccccc4)nc(-c4ccc(-c5cccc6c5oc5cccc(-c7ccccc7)c56)cc4)n3)n2)cc1. The first-order chi connectivity index (χ1) is 30.2. The summed E-state index contributed by atoms with van der Waals surface area (Å²) in [5.74, 6) is 3.29. The van der Waals surface area contributed by atoms with Gasteiger partial charge in [-0.3, -0.25) is 0 Å². The highest BCUT2D eigenvalue weighted by molar-refractivity contribution is 6.15. The minimum absolute atomic E-state index is 0.507. The van der Waals surface area contributed by atoms with Crippen molar-refractivity contribution < 1.29 is 4.42 Å². The molecule has 0 amide bonds. The summed E-state index contributed by atoms with van der Waals surface area (Å²) in [6.07, 6.45) is 0. The monoisotopic (exact) mass is 782 g/mol. The molecule has 8 aromatic carbocycles. The van der Waals surface area contributed by atoms with Gasteiger partial charge in [-0.1, -0.05) is 200 Å². The molecule has 0 unspecified atom stereocenters. The zero-order valence-electron chi connectivity index (χ0n) is 32.7. The summed E-state index contributed by atoms with van der Waals surface area (Å²) >= 11 is 0. The van der Waals surface area contributed by atoms with E-state index in [1.165, 1.54) is 0 Å². The van der Waals surface area contributed by atoms with Crippen LogP contribution in [0.3, 0.4) is 0 Å². The number of benzene rings is 8. The molecular formula is C54H34N6O. The van der Waals surface area contributed by atoms with Crippen molar-refractivity contribution >= 4 is 21.9 Å². The second kappa shape index (κ2) is 15.4. The topological polar surface area (TPSA) is 90.5 Å². The van der Waals surface area contributed by atoms with Crippen LogP contribution >= 0.6 is 0 Å². The number of hydrogen-bond donors (Lipinski definition) is 0. The van der Waals surface area contributed by atoms with Crippen LogP contribution in [0.4, 0.5) is 0 Å². The summed E-state index contributed by atoms with van der Waals surface area (Å²) in [5, 5.41) is 2.19. The van der Waals surface area contributed by atoms with E-state index in [0.717, 1.165) is 77.6 Å². The lowest BCUT2D eigenvalue weighted by Crippen LogP contribution is -2.03. The number of aromatic nitrogens is 6. The van der Waals surface area contributed by atoms with Gasteiger partial charge in [0, 0.05) is 49.7 Å². The molecule has 286 valence electrons. The summed E-state index contributed by atoms with van der Waals surface area (Å²) in [4.78, 5) is 30.3. The van der Waals surface area contributed by atoms with Gasteiger partial charge in [0.1, 0.15) is 11.2 Å². The van der Waals surface area contributed by atoms with Gasteiger partial charge in [0.05, 0.1) is 0 Å². The van der Waals surface area contributed by atoms with E-state index < -0.39 is 0 Å². The third-order valence-electron chi connectivity index (χ3n) is 10.8. The van der Waals surface area contributed by atoms with Crippen molar-refractivity contribution in [3.63, 3.8) is 0 Å². The van der Waals surface area contributed by atoms with Crippen LogP contribution in [0, 0.1) is 0 Å². The molecule has 0 bridgehead atoms. The summed E-state index contributed by atoms with van der Waals surface area (Å²) in [6.45, 7) is 0. The predicted octanol–water partition coefficient (Wildman–Crippen LogP) is 13.3. The third-order valence-corrected chi connectivity index (χ3v) is 10.8. The molecule has 11 rings (SSSR count). The van der Waals surface area contributed by atoms with Crippen molar-refractivity contribution in [2.24, 2.45) is 0 Å². The molecule has 61 heavy (non-hydrogen) atoms. The van der Waals surface area contributed by atoms with Crippen molar-refractivity contribution in [1.82, 2.24) is 29.9 Å². The van der Waals surface area contributed by atoms with Gasteiger partial charge < -0.3 is 4.42 Å². The van der Waals surface area contributed by atoms with Crippen molar-refractivity contribution in [3.8, 4) is 90.6 Å². The van der Waals surface area contributed by atoms with Crippen LogP contribution < -0.4 is 0 Å². The zero-order valence-corrected chi connectivity index (χ0v) is 32.7. The Hall–Kier alpha value is -8.42. The molecule has 0 N–H and O–H groups in total. The zero-order chi connectivity index (χ0) is 40.5. The van der Waals surface area contributed by atoms with Gasteiger partial charge in [-0.05, 0) is 22.8 Å². The number of rotatable bonds is 8. The van der Waals surface area contributed by atoms with Gasteiger partial charge in [0.25, 0.3) is 0 Å². The molecule has 7 nitrogen and oxygen atoms in total. The fourth-order valence-corrected chi connectivity index (χ4v) is 7.88. The third kappa shape index (κ3) is 6.80. The summed E-state index contributed by atoms with van der Waals surface area (Å²) in [6, 6.07) is 69.3. The van der Waals surface area contributed by atoms with E-state index in [2.05, 4.69) is 78.9 Å². The number of fused-ring (bicyclic) bond motifs is 3. The van der Waals surface area contributed by atoms with Crippen LogP contribution in [-0.4, -0.2) is 29.9 Å². The second-order valence-corrected chi connectivity index (χ2v) is 14.7. The Morgan fingerprint density at radius 2 is 0.590 bits per heavy atom. The molecular weight excluding hydrogens is 749 g/mol. The Morgan fingerprint density at radius 1 is 0.246 bits per heavy atom. The Kier molecular flexibility index (Phi) is 9.02. The Morgan fingerprint density at radius 3 is 1.08 bits per heavy atom. The van der Waals surface area contributed by atoms with Gasteiger partial charge in [-0.2, -0.15) is 0 Å². The Labute approximate surface area is 351 Å². The minimum atomic E-state index is 0.507. The molecule has 0 atom stereocenters. The minimum Gasteiger partial charge on any atom is -0.455 e. The van der Waals surface area contributed by atoms with E-state index in [1.807, 2.05) is 127 Å². The largest absolute Gasteiger partial charge is 0.455 e. The highest BCUT2D eigenvalue weighted by Crippen LogP contribution is 2.41. The van der Waals surface area contributed by atoms with Crippen molar-refractivity contribution in [2.75, 3.05) is 0 Å². The van der Waals surface area contributed by atoms with Gasteiger partial charge in [0.2, 0.25) is 0 Å². The molecule has 7 heteroatoms. The molecule has 3 heterocycles. The highest BCUT2D eigenvalue weighted by Gasteiger charge is 2.20. The number of nitrogens with zero attached hydrogens (tertiary/aromatic N) is 6. The van der Waals surface area contributed by atoms with Gasteiger partial charge in [-0.25, -0.2) is 29.9 Å². The number of hydrogen-bond acceptors (Lipinski definition) is 7. The molecule has 0 radical (unpaired) electrons. The maximum absolute atomic E-state index is 6.61. The molecule has 0 spiro atoms. The van der Waals surface area contributed by atoms with Crippen LogP contribution in [0.5, 0.6) is 0 Å². The number of furan rings is 1. The average molecular weight is 783 g/mol. The standard InChI is InChI=1S/C54H34N6O/c1-5-17-35(18-6-1)41-27-16-30-46-47(41)45-29-15-28-42(48(45)61-46)36-31-33-40(34-32-36)52-56-51(39-23-11-4-12-24-39)59-54(60-52)44-26-14-13-25-43(44)53-57-49(37-19-7-2-8-20-37)55-50(58-53)38-21-9-3-10-22-38/h1-34H. The van der Waals surface area contributed by atoms with Gasteiger partial charge in [-0.15, -0.1) is 0 Å². The molecule has 0 aliphatic rings. The molecule has 11 aromatic rings. The van der Waals surface area contributed by atoms with Crippen LogP contribution in [-0.2, 0) is 0 Å². The van der Waals surface area contributed by atoms with E-state index in [4.69, 9.17) is 34.3 Å². The maximum Gasteiger partial charge on any atom is 0.164 e. The normalized spacial score (nSPS) is 11.3. The van der Waals surface area contributed by atoms with Gasteiger partial charge >= 0.3 is 0 Å².